The molecule has 0 saturated heterocycles. The van der Waals surface area contributed by atoms with Gasteiger partial charge in [0.05, 0.1) is 5.56 Å². The van der Waals surface area contributed by atoms with Crippen molar-refractivity contribution in [3.8, 4) is 0 Å². The van der Waals surface area contributed by atoms with Crippen molar-refractivity contribution < 1.29 is 9.90 Å². The number of rotatable bonds is 4. The van der Waals surface area contributed by atoms with E-state index in [0.29, 0.717) is 11.4 Å². The van der Waals surface area contributed by atoms with E-state index in [1.54, 1.807) is 12.1 Å². The van der Waals surface area contributed by atoms with Gasteiger partial charge in [0, 0.05) is 5.88 Å². The second-order valence-corrected chi connectivity index (χ2v) is 3.58. The predicted molar refractivity (Wildman–Crippen MR) is 62.5 cm³/mol. The number of aromatic carboxylic acids is 1. The van der Waals surface area contributed by atoms with E-state index in [1.165, 1.54) is 0 Å². The molecule has 0 aliphatic carbocycles. The Balaban J connectivity index is 2.99. The van der Waals surface area contributed by atoms with Crippen LogP contribution in [0.15, 0.2) is 24.3 Å². The van der Waals surface area contributed by atoms with Crippen LogP contribution in [0.1, 0.15) is 27.9 Å². The monoisotopic (exact) mass is 224 g/mol. The van der Waals surface area contributed by atoms with E-state index in [4.69, 9.17) is 16.7 Å². The van der Waals surface area contributed by atoms with Crippen LogP contribution in [0.5, 0.6) is 0 Å². The van der Waals surface area contributed by atoms with Crippen LogP contribution in [-0.2, 0) is 0 Å². The first-order chi connectivity index (χ1) is 7.16. The molecule has 0 aliphatic rings. The smallest absolute Gasteiger partial charge is 0.335 e. The van der Waals surface area contributed by atoms with Crippen LogP contribution in [0, 0.1) is 6.92 Å². The van der Waals surface area contributed by atoms with E-state index in [-0.39, 0.29) is 0 Å². The van der Waals surface area contributed by atoms with Crippen LogP contribution in [0.4, 0.5) is 0 Å². The van der Waals surface area contributed by atoms with Gasteiger partial charge in [0.1, 0.15) is 0 Å². The summed E-state index contributed by atoms with van der Waals surface area (Å²) >= 11 is 5.54. The maximum Gasteiger partial charge on any atom is 0.335 e. The van der Waals surface area contributed by atoms with Gasteiger partial charge in [-0.05, 0) is 30.5 Å². The number of carbonyl (C=O) groups is 1. The zero-order valence-electron chi connectivity index (χ0n) is 8.53. The molecule has 80 valence electrons. The molecule has 0 spiro atoms. The van der Waals surface area contributed by atoms with Crippen molar-refractivity contribution in [2.75, 3.05) is 5.88 Å². The molecule has 0 bridgehead atoms. The highest BCUT2D eigenvalue weighted by Gasteiger charge is 2.07. The SMILES string of the molecule is Cc1c(C=CCCCl)cccc1C(=O)O. The Morgan fingerprint density at radius 2 is 2.27 bits per heavy atom. The summed E-state index contributed by atoms with van der Waals surface area (Å²) in [5, 5.41) is 8.92. The van der Waals surface area contributed by atoms with Crippen LogP contribution in [-0.4, -0.2) is 17.0 Å². The molecule has 0 atom stereocenters. The van der Waals surface area contributed by atoms with Crippen LogP contribution in [0.25, 0.3) is 6.08 Å². The third-order valence-electron chi connectivity index (χ3n) is 2.18. The van der Waals surface area contributed by atoms with Crippen LogP contribution in [0.2, 0.25) is 0 Å². The average molecular weight is 225 g/mol. The van der Waals surface area contributed by atoms with E-state index in [1.807, 2.05) is 25.1 Å². The molecule has 1 N–H and O–H groups in total. The minimum atomic E-state index is -0.889. The fourth-order valence-electron chi connectivity index (χ4n) is 1.34. The number of hydrogen-bond acceptors (Lipinski definition) is 1. The molecule has 3 heteroatoms. The minimum Gasteiger partial charge on any atom is -0.478 e. The Kier molecular flexibility index (Phi) is 4.37. The standard InChI is InChI=1S/C12H13ClO2/c1-9-10(5-2-3-8-13)6-4-7-11(9)12(14)15/h2,4-7H,3,8H2,1H3,(H,14,15). The van der Waals surface area contributed by atoms with E-state index in [2.05, 4.69) is 0 Å². The Labute approximate surface area is 94.2 Å². The molecule has 2 nitrogen and oxygen atoms in total. The Hall–Kier alpha value is -1.28. The summed E-state index contributed by atoms with van der Waals surface area (Å²) in [7, 11) is 0. The van der Waals surface area contributed by atoms with Gasteiger partial charge in [-0.15, -0.1) is 11.6 Å². The molecule has 15 heavy (non-hydrogen) atoms. The zero-order chi connectivity index (χ0) is 11.3. The van der Waals surface area contributed by atoms with Gasteiger partial charge in [0.15, 0.2) is 0 Å². The van der Waals surface area contributed by atoms with Crippen molar-refractivity contribution in [3.05, 3.63) is 41.0 Å². The summed E-state index contributed by atoms with van der Waals surface area (Å²) in [4.78, 5) is 10.9. The van der Waals surface area contributed by atoms with E-state index >= 15 is 0 Å². The second-order valence-electron chi connectivity index (χ2n) is 3.20. The lowest BCUT2D eigenvalue weighted by Gasteiger charge is -2.04. The molecule has 0 aliphatic heterocycles. The van der Waals surface area contributed by atoms with Crippen molar-refractivity contribution in [2.24, 2.45) is 0 Å². The number of allylic oxidation sites excluding steroid dienone is 1. The van der Waals surface area contributed by atoms with Gasteiger partial charge in [-0.3, -0.25) is 0 Å². The summed E-state index contributed by atoms with van der Waals surface area (Å²) < 4.78 is 0. The number of benzene rings is 1. The second kappa shape index (κ2) is 5.56. The third-order valence-corrected chi connectivity index (χ3v) is 2.40. The van der Waals surface area contributed by atoms with Crippen molar-refractivity contribution >= 4 is 23.6 Å². The topological polar surface area (TPSA) is 37.3 Å². The van der Waals surface area contributed by atoms with Gasteiger partial charge < -0.3 is 5.11 Å². The lowest BCUT2D eigenvalue weighted by Crippen LogP contribution is -2.00. The summed E-state index contributed by atoms with van der Waals surface area (Å²) in [6.45, 7) is 1.81. The predicted octanol–water partition coefficient (Wildman–Crippen LogP) is 3.34. The highest BCUT2D eigenvalue weighted by molar-refractivity contribution is 6.17. The summed E-state index contributed by atoms with van der Waals surface area (Å²) in [6, 6.07) is 5.25. The molecule has 1 aromatic carbocycles. The van der Waals surface area contributed by atoms with Gasteiger partial charge in [-0.1, -0.05) is 24.3 Å². The van der Waals surface area contributed by atoms with Crippen molar-refractivity contribution in [2.45, 2.75) is 13.3 Å². The third kappa shape index (κ3) is 3.10. The fourth-order valence-corrected chi connectivity index (χ4v) is 1.47. The van der Waals surface area contributed by atoms with E-state index in [9.17, 15) is 4.79 Å². The van der Waals surface area contributed by atoms with Crippen LogP contribution >= 0.6 is 11.6 Å². The Morgan fingerprint density at radius 1 is 1.53 bits per heavy atom. The van der Waals surface area contributed by atoms with E-state index < -0.39 is 5.97 Å². The lowest BCUT2D eigenvalue weighted by molar-refractivity contribution is 0.0696. The number of carboxylic acids is 1. The Morgan fingerprint density at radius 3 is 2.87 bits per heavy atom. The Bertz CT molecular complexity index is 383. The molecule has 0 amide bonds. The van der Waals surface area contributed by atoms with Gasteiger partial charge in [-0.25, -0.2) is 4.79 Å². The summed E-state index contributed by atoms with van der Waals surface area (Å²) in [5.74, 6) is -0.311. The minimum absolute atomic E-state index is 0.350. The van der Waals surface area contributed by atoms with Gasteiger partial charge in [0.2, 0.25) is 0 Å². The largest absolute Gasteiger partial charge is 0.478 e. The molecule has 0 radical (unpaired) electrons. The summed E-state index contributed by atoms with van der Waals surface area (Å²) in [6.07, 6.45) is 4.64. The molecule has 1 rings (SSSR count). The van der Waals surface area contributed by atoms with Gasteiger partial charge in [-0.2, -0.15) is 0 Å². The number of halogens is 1. The van der Waals surface area contributed by atoms with Gasteiger partial charge >= 0.3 is 5.97 Å². The highest BCUT2D eigenvalue weighted by Crippen LogP contribution is 2.15. The molecule has 1 aromatic rings. The lowest BCUT2D eigenvalue weighted by atomic mass is 10.0. The first-order valence-corrected chi connectivity index (χ1v) is 5.25. The molecular weight excluding hydrogens is 212 g/mol. The molecule has 0 fully saturated rings. The zero-order valence-corrected chi connectivity index (χ0v) is 9.29. The first kappa shape index (κ1) is 11.8. The molecular formula is C12H13ClO2. The number of hydrogen-bond donors (Lipinski definition) is 1. The van der Waals surface area contributed by atoms with Crippen molar-refractivity contribution in [1.82, 2.24) is 0 Å². The maximum absolute atomic E-state index is 10.9. The molecule has 0 unspecified atom stereocenters. The number of alkyl halides is 1. The molecule has 0 aromatic heterocycles. The van der Waals surface area contributed by atoms with Crippen LogP contribution < -0.4 is 0 Å². The summed E-state index contributed by atoms with van der Waals surface area (Å²) in [5.41, 5.74) is 2.07. The maximum atomic E-state index is 10.9. The number of carboxylic acid groups (broad SMARTS) is 1. The first-order valence-electron chi connectivity index (χ1n) is 4.72. The fraction of sp³-hybridized carbons (Fsp3) is 0.250. The van der Waals surface area contributed by atoms with Crippen LogP contribution in [0.3, 0.4) is 0 Å². The van der Waals surface area contributed by atoms with Crippen molar-refractivity contribution in [3.63, 3.8) is 0 Å². The highest BCUT2D eigenvalue weighted by atomic mass is 35.5. The molecule has 0 heterocycles. The normalized spacial score (nSPS) is 10.8. The van der Waals surface area contributed by atoms with Gasteiger partial charge in [0.25, 0.3) is 0 Å². The van der Waals surface area contributed by atoms with Crippen molar-refractivity contribution in [1.29, 1.82) is 0 Å². The molecule has 0 saturated carbocycles. The average Bonchev–Trinajstić information content (AvgIpc) is 2.20. The quantitative estimate of drug-likeness (QED) is 0.797. The van der Waals surface area contributed by atoms with E-state index in [0.717, 1.165) is 17.5 Å².